The van der Waals surface area contributed by atoms with Crippen LogP contribution >= 0.6 is 0 Å². The zero-order valence-corrected chi connectivity index (χ0v) is 16.8. The van der Waals surface area contributed by atoms with Crippen molar-refractivity contribution in [3.8, 4) is 0 Å². The number of benzene rings is 1. The van der Waals surface area contributed by atoms with E-state index < -0.39 is 54.5 Å². The second kappa shape index (κ2) is 8.55. The lowest BCUT2D eigenvalue weighted by atomic mass is 9.93. The van der Waals surface area contributed by atoms with Gasteiger partial charge in [-0.15, -0.1) is 0 Å². The van der Waals surface area contributed by atoms with Crippen LogP contribution in [0.2, 0.25) is 0 Å². The summed E-state index contributed by atoms with van der Waals surface area (Å²) in [4.78, 5) is 13.1. The lowest BCUT2D eigenvalue weighted by Crippen LogP contribution is -2.29. The highest BCUT2D eigenvalue weighted by Gasteiger charge is 2.27. The van der Waals surface area contributed by atoms with Crippen LogP contribution in [0, 0.1) is 17.5 Å². The molecule has 0 radical (unpaired) electrons. The minimum absolute atomic E-state index is 0.0722. The average Bonchev–Trinajstić information content (AvgIpc) is 3.45. The highest BCUT2D eigenvalue weighted by Crippen LogP contribution is 2.32. The van der Waals surface area contributed by atoms with Crippen molar-refractivity contribution in [2.75, 3.05) is 23.8 Å². The van der Waals surface area contributed by atoms with Gasteiger partial charge in [-0.3, -0.25) is 4.57 Å². The normalized spacial score (nSPS) is 31.8. The number of hydrogen-bond acceptors (Lipinski definition) is 7. The Bertz CT molecular complexity index is 1220. The fourth-order valence-corrected chi connectivity index (χ4v) is 3.86. The van der Waals surface area contributed by atoms with E-state index in [0.29, 0.717) is 42.9 Å². The number of aliphatic hydroxyl groups excluding tert-OH is 1. The summed E-state index contributed by atoms with van der Waals surface area (Å²) in [6.07, 6.45) is -2.13. The molecule has 0 amide bonds. The van der Waals surface area contributed by atoms with Gasteiger partial charge in [0.25, 0.3) is 0 Å². The van der Waals surface area contributed by atoms with E-state index in [4.69, 9.17) is 8.85 Å². The van der Waals surface area contributed by atoms with Gasteiger partial charge in [0.05, 0.1) is 24.9 Å². The summed E-state index contributed by atoms with van der Waals surface area (Å²) in [7, 11) is 0. The molecule has 32 heavy (non-hydrogen) atoms. The van der Waals surface area contributed by atoms with E-state index in [1.54, 1.807) is 4.57 Å². The fourth-order valence-electron chi connectivity index (χ4n) is 3.86. The number of aromatic nitrogens is 4. The molecular weight excluding hydrogens is 425 g/mol. The highest BCUT2D eigenvalue weighted by atomic mass is 19.1. The number of aliphatic hydroxyl groups is 1. The first-order valence-electron chi connectivity index (χ1n) is 11.9. The van der Waals surface area contributed by atoms with Gasteiger partial charge in [0.2, 0.25) is 11.9 Å². The Kier molecular flexibility index (Phi) is 4.71. The van der Waals surface area contributed by atoms with E-state index in [-0.39, 0.29) is 24.4 Å². The van der Waals surface area contributed by atoms with Crippen molar-refractivity contribution >= 4 is 28.7 Å². The molecule has 6 unspecified atom stereocenters. The van der Waals surface area contributed by atoms with Crippen LogP contribution in [0.3, 0.4) is 0 Å². The lowest BCUT2D eigenvalue weighted by Gasteiger charge is -2.26. The number of ether oxygens (including phenoxy) is 1. The van der Waals surface area contributed by atoms with Crippen LogP contribution in [-0.4, -0.2) is 50.0 Å². The predicted molar refractivity (Wildman–Crippen MR) is 111 cm³/mol. The van der Waals surface area contributed by atoms with E-state index in [1.807, 2.05) is 0 Å². The summed E-state index contributed by atoms with van der Waals surface area (Å²) in [5.41, 5.74) is 0.103. The maximum atomic E-state index is 14.3. The Morgan fingerprint density at radius 3 is 2.69 bits per heavy atom. The molecule has 5 rings (SSSR count). The fraction of sp³-hybridized carbons (Fsp3) is 0.476. The first-order chi connectivity index (χ1) is 16.7. The van der Waals surface area contributed by atoms with Crippen LogP contribution < -0.4 is 10.6 Å². The zero-order chi connectivity index (χ0) is 24.9. The number of hydrogen-bond donors (Lipinski definition) is 3. The van der Waals surface area contributed by atoms with Crippen molar-refractivity contribution < 1.29 is 27.1 Å². The molecule has 2 fully saturated rings. The van der Waals surface area contributed by atoms with E-state index in [0.717, 1.165) is 0 Å². The smallest absolute Gasteiger partial charge is 0.224 e. The van der Waals surface area contributed by atoms with Crippen molar-refractivity contribution in [3.63, 3.8) is 0 Å². The van der Waals surface area contributed by atoms with Gasteiger partial charge in [0.15, 0.2) is 17.3 Å². The van der Waals surface area contributed by atoms with Crippen molar-refractivity contribution in [1.29, 1.82) is 0 Å². The van der Waals surface area contributed by atoms with Gasteiger partial charge in [-0.2, -0.15) is 4.98 Å². The molecule has 1 saturated heterocycles. The monoisotopic (exact) mass is 451 g/mol. The van der Waals surface area contributed by atoms with Crippen LogP contribution in [0.15, 0.2) is 18.3 Å². The molecule has 1 aliphatic heterocycles. The quantitative estimate of drug-likeness (QED) is 0.545. The summed E-state index contributed by atoms with van der Waals surface area (Å²) < 4.78 is 73.3. The summed E-state index contributed by atoms with van der Waals surface area (Å²) >= 11 is 0. The van der Waals surface area contributed by atoms with Gasteiger partial charge in [-0.25, -0.2) is 23.1 Å². The standard InChI is InChI=1S/C21H23F3N6O2/c22-11-7-15(23)18(16(24)8-11)28-21-27-17-9-25-20(26-12-1-3-14(31)4-2-12)29-19(17)30(21)13-5-6-32-10-13/h7-9,12-14,31H,1-6,10H2,(H,27,28)(H,25,26,29)/i1D,3D,4D. The third-order valence-corrected chi connectivity index (χ3v) is 5.43. The van der Waals surface area contributed by atoms with Gasteiger partial charge >= 0.3 is 0 Å². The molecule has 170 valence electrons. The largest absolute Gasteiger partial charge is 0.393 e. The van der Waals surface area contributed by atoms with Crippen LogP contribution in [-0.2, 0) is 4.74 Å². The van der Waals surface area contributed by atoms with Gasteiger partial charge in [0, 0.05) is 28.9 Å². The van der Waals surface area contributed by atoms with Crippen molar-refractivity contribution in [3.05, 3.63) is 35.8 Å². The summed E-state index contributed by atoms with van der Waals surface area (Å²) in [5, 5.41) is 15.5. The molecule has 1 aromatic carbocycles. The van der Waals surface area contributed by atoms with Gasteiger partial charge in [0.1, 0.15) is 17.0 Å². The van der Waals surface area contributed by atoms with Crippen LogP contribution in [0.1, 0.15) is 42.2 Å². The molecule has 6 atom stereocenters. The first-order valence-corrected chi connectivity index (χ1v) is 10.2. The predicted octanol–water partition coefficient (Wildman–Crippen LogP) is 3.66. The minimum Gasteiger partial charge on any atom is -0.393 e. The lowest BCUT2D eigenvalue weighted by molar-refractivity contribution is 0.126. The number of halogens is 3. The number of nitrogens with one attached hydrogen (secondary N) is 2. The number of rotatable bonds is 5. The van der Waals surface area contributed by atoms with E-state index >= 15 is 0 Å². The minimum atomic E-state index is -1.20. The van der Waals surface area contributed by atoms with Gasteiger partial charge < -0.3 is 20.5 Å². The molecule has 1 saturated carbocycles. The molecule has 11 heteroatoms. The average molecular weight is 451 g/mol. The second-order valence-corrected chi connectivity index (χ2v) is 7.69. The third kappa shape index (κ3) is 4.09. The summed E-state index contributed by atoms with van der Waals surface area (Å²) in [5.74, 6) is -3.08. The molecule has 2 aliphatic rings. The molecule has 0 bridgehead atoms. The Labute approximate surface area is 186 Å². The van der Waals surface area contributed by atoms with Gasteiger partial charge in [-0.05, 0) is 32.0 Å². The van der Waals surface area contributed by atoms with Crippen molar-refractivity contribution in [2.45, 2.75) is 50.2 Å². The van der Waals surface area contributed by atoms with Crippen molar-refractivity contribution in [1.82, 2.24) is 19.5 Å². The Morgan fingerprint density at radius 2 is 1.94 bits per heavy atom. The Balaban J connectivity index is 1.51. The molecule has 1 aliphatic carbocycles. The maximum Gasteiger partial charge on any atom is 0.224 e. The third-order valence-electron chi connectivity index (χ3n) is 5.43. The molecule has 3 heterocycles. The number of fused-ring (bicyclic) bond motifs is 1. The van der Waals surface area contributed by atoms with Gasteiger partial charge in [-0.1, -0.05) is 0 Å². The highest BCUT2D eigenvalue weighted by molar-refractivity contribution is 5.76. The van der Waals surface area contributed by atoms with Crippen LogP contribution in [0.25, 0.3) is 11.2 Å². The topological polar surface area (TPSA) is 97.1 Å². The SMILES string of the molecule is [2H]C1CC(Nc2ncc3nc(Nc4c(F)cc(F)cc4F)n(C4CCOC4)c3n2)C([2H])C([2H])C1O. The second-order valence-electron chi connectivity index (χ2n) is 7.69. The Hall–Kier alpha value is -2.92. The van der Waals surface area contributed by atoms with Crippen LogP contribution in [0.4, 0.5) is 30.8 Å². The summed E-state index contributed by atoms with van der Waals surface area (Å²) in [6.45, 7) is 0.789. The molecule has 3 N–H and O–H groups in total. The van der Waals surface area contributed by atoms with E-state index in [1.165, 1.54) is 6.20 Å². The molecule has 3 aromatic rings. The number of imidazole rings is 1. The molecule has 2 aromatic heterocycles. The first kappa shape index (κ1) is 17.6. The zero-order valence-electron chi connectivity index (χ0n) is 19.8. The maximum absolute atomic E-state index is 14.3. The summed E-state index contributed by atoms with van der Waals surface area (Å²) in [6, 6.07) is 0.250. The van der Waals surface area contributed by atoms with Crippen molar-refractivity contribution in [2.24, 2.45) is 0 Å². The molecule has 8 nitrogen and oxygen atoms in total. The molecule has 0 spiro atoms. The molecular formula is C21H23F3N6O2. The number of nitrogens with zero attached hydrogens (tertiary/aromatic N) is 4. The van der Waals surface area contributed by atoms with Crippen LogP contribution in [0.5, 0.6) is 0 Å². The Morgan fingerprint density at radius 1 is 1.12 bits per heavy atom. The number of anilines is 3. The van der Waals surface area contributed by atoms with E-state index in [2.05, 4.69) is 25.6 Å². The van der Waals surface area contributed by atoms with E-state index in [9.17, 15) is 18.3 Å².